The fourth-order valence-electron chi connectivity index (χ4n) is 2.19. The molecule has 19 heavy (non-hydrogen) atoms. The van der Waals surface area contributed by atoms with Crippen LogP contribution in [0, 0.1) is 5.82 Å². The molecule has 0 aromatic heterocycles. The summed E-state index contributed by atoms with van der Waals surface area (Å²) in [6.07, 6.45) is 0. The first-order chi connectivity index (χ1) is 8.89. The van der Waals surface area contributed by atoms with Gasteiger partial charge in [0.05, 0.1) is 5.69 Å². The number of hydrogen-bond donors (Lipinski definition) is 0. The van der Waals surface area contributed by atoms with Crippen molar-refractivity contribution in [3.05, 3.63) is 29.6 Å². The lowest BCUT2D eigenvalue weighted by Crippen LogP contribution is -2.51. The summed E-state index contributed by atoms with van der Waals surface area (Å²) in [4.78, 5) is 0. The van der Waals surface area contributed by atoms with Gasteiger partial charge in [0.15, 0.2) is 0 Å². The Labute approximate surface area is 117 Å². The number of anilines is 1. The highest BCUT2D eigenvalue weighted by Gasteiger charge is 2.38. The van der Waals surface area contributed by atoms with E-state index in [4.69, 9.17) is 11.6 Å². The van der Waals surface area contributed by atoms with Crippen LogP contribution >= 0.6 is 11.6 Å². The minimum Gasteiger partial charge on any atom is -0.256 e. The second-order valence-electron chi connectivity index (χ2n) is 4.65. The first-order valence-electron chi connectivity index (χ1n) is 6.02. The topological polar surface area (TPSA) is 40.6 Å². The van der Waals surface area contributed by atoms with Gasteiger partial charge < -0.3 is 0 Å². The quantitative estimate of drug-likeness (QED) is 0.804. The number of halogens is 2. The van der Waals surface area contributed by atoms with Gasteiger partial charge in [0.1, 0.15) is 5.82 Å². The van der Waals surface area contributed by atoms with Gasteiger partial charge in [-0.15, -0.1) is 11.6 Å². The van der Waals surface area contributed by atoms with Crippen LogP contribution < -0.4 is 4.31 Å². The van der Waals surface area contributed by atoms with Gasteiger partial charge in [-0.2, -0.15) is 12.7 Å². The van der Waals surface area contributed by atoms with E-state index < -0.39 is 16.0 Å². The standard InChI is InChI=1S/C12H16ClFN2O2S/c1-9(2)16-8-10-11(14)4-3-5-12(10)15(7-6-13)19(16,17)18/h3-5,9H,6-8H2,1-2H3. The number of rotatable bonds is 3. The predicted molar refractivity (Wildman–Crippen MR) is 74.1 cm³/mol. The van der Waals surface area contributed by atoms with Crippen molar-refractivity contribution in [1.29, 1.82) is 0 Å². The minimum absolute atomic E-state index is 0.0563. The first kappa shape index (κ1) is 14.6. The molecule has 0 aliphatic carbocycles. The maximum atomic E-state index is 13.9. The van der Waals surface area contributed by atoms with Crippen LogP contribution in [0.2, 0.25) is 0 Å². The lowest BCUT2D eigenvalue weighted by atomic mass is 10.1. The zero-order valence-electron chi connectivity index (χ0n) is 10.8. The van der Waals surface area contributed by atoms with Crippen LogP contribution in [0.25, 0.3) is 0 Å². The predicted octanol–water partition coefficient (Wildman–Crippen LogP) is 2.34. The number of benzene rings is 1. The maximum Gasteiger partial charge on any atom is 0.304 e. The number of alkyl halides is 1. The van der Waals surface area contributed by atoms with Gasteiger partial charge >= 0.3 is 10.2 Å². The highest BCUT2D eigenvalue weighted by atomic mass is 35.5. The van der Waals surface area contributed by atoms with Gasteiger partial charge in [0.2, 0.25) is 0 Å². The van der Waals surface area contributed by atoms with Crippen LogP contribution in [-0.4, -0.2) is 31.2 Å². The normalized spacial score (nSPS) is 18.7. The summed E-state index contributed by atoms with van der Waals surface area (Å²) in [5.74, 6) is -0.237. The Hall–Kier alpha value is -0.850. The molecule has 7 heteroatoms. The summed E-state index contributed by atoms with van der Waals surface area (Å²) < 4.78 is 41.3. The Morgan fingerprint density at radius 1 is 1.42 bits per heavy atom. The van der Waals surface area contributed by atoms with E-state index in [9.17, 15) is 12.8 Å². The van der Waals surface area contributed by atoms with Crippen molar-refractivity contribution < 1.29 is 12.8 Å². The second kappa shape index (κ2) is 5.26. The minimum atomic E-state index is -3.64. The first-order valence-corrected chi connectivity index (χ1v) is 7.95. The van der Waals surface area contributed by atoms with Crippen LogP contribution in [0.4, 0.5) is 10.1 Å². The number of nitrogens with zero attached hydrogens (tertiary/aromatic N) is 2. The third kappa shape index (κ3) is 2.44. The highest BCUT2D eigenvalue weighted by molar-refractivity contribution is 7.90. The molecule has 0 unspecified atom stereocenters. The van der Waals surface area contributed by atoms with Gasteiger partial charge in [-0.3, -0.25) is 4.31 Å². The summed E-state index contributed by atoms with van der Waals surface area (Å²) in [6, 6.07) is 4.22. The van der Waals surface area contributed by atoms with E-state index in [1.807, 2.05) is 0 Å². The van der Waals surface area contributed by atoms with Gasteiger partial charge in [-0.05, 0) is 26.0 Å². The summed E-state index contributed by atoms with van der Waals surface area (Å²) >= 11 is 5.68. The largest absolute Gasteiger partial charge is 0.304 e. The molecule has 1 heterocycles. The molecule has 0 fully saturated rings. The molecule has 1 aliphatic rings. The molecule has 0 saturated heterocycles. The van der Waals surface area contributed by atoms with Gasteiger partial charge in [-0.1, -0.05) is 6.07 Å². The molecule has 0 saturated carbocycles. The molecule has 106 valence electrons. The third-order valence-electron chi connectivity index (χ3n) is 3.12. The van der Waals surface area contributed by atoms with Crippen molar-refractivity contribution in [3.8, 4) is 0 Å². The Morgan fingerprint density at radius 2 is 2.11 bits per heavy atom. The van der Waals surface area contributed by atoms with Crippen molar-refractivity contribution in [2.45, 2.75) is 26.4 Å². The number of hydrogen-bond acceptors (Lipinski definition) is 2. The van der Waals surface area contributed by atoms with E-state index in [1.54, 1.807) is 19.9 Å². The van der Waals surface area contributed by atoms with Gasteiger partial charge in [0.25, 0.3) is 0 Å². The van der Waals surface area contributed by atoms with E-state index in [0.717, 1.165) is 0 Å². The van der Waals surface area contributed by atoms with E-state index in [2.05, 4.69) is 0 Å². The molecule has 0 spiro atoms. The lowest BCUT2D eigenvalue weighted by Gasteiger charge is -2.39. The van der Waals surface area contributed by atoms with E-state index in [1.165, 1.54) is 20.7 Å². The fourth-order valence-corrected chi connectivity index (χ4v) is 4.28. The summed E-state index contributed by atoms with van der Waals surface area (Å²) in [6.45, 7) is 3.72. The highest BCUT2D eigenvalue weighted by Crippen LogP contribution is 2.34. The second-order valence-corrected chi connectivity index (χ2v) is 6.83. The van der Waals surface area contributed by atoms with Crippen molar-refractivity contribution in [2.24, 2.45) is 0 Å². The van der Waals surface area contributed by atoms with Crippen LogP contribution in [0.5, 0.6) is 0 Å². The lowest BCUT2D eigenvalue weighted by molar-refractivity contribution is 0.335. The van der Waals surface area contributed by atoms with Gasteiger partial charge in [0, 0.05) is 30.6 Å². The summed E-state index contributed by atoms with van der Waals surface area (Å²) in [7, 11) is -3.64. The molecular weight excluding hydrogens is 291 g/mol. The van der Waals surface area contributed by atoms with E-state index in [0.29, 0.717) is 11.3 Å². The van der Waals surface area contributed by atoms with Crippen LogP contribution in [0.1, 0.15) is 19.4 Å². The molecule has 4 nitrogen and oxygen atoms in total. The van der Waals surface area contributed by atoms with E-state index >= 15 is 0 Å². The molecule has 2 rings (SSSR count). The van der Waals surface area contributed by atoms with Crippen molar-refractivity contribution in [1.82, 2.24) is 4.31 Å². The van der Waals surface area contributed by atoms with Crippen molar-refractivity contribution in [2.75, 3.05) is 16.7 Å². The molecule has 0 atom stereocenters. The van der Waals surface area contributed by atoms with Crippen LogP contribution in [0.3, 0.4) is 0 Å². The zero-order valence-corrected chi connectivity index (χ0v) is 12.4. The molecule has 0 radical (unpaired) electrons. The molecule has 1 aromatic rings. The van der Waals surface area contributed by atoms with Crippen molar-refractivity contribution >= 4 is 27.5 Å². The average molecular weight is 307 g/mol. The van der Waals surface area contributed by atoms with Crippen LogP contribution in [0.15, 0.2) is 18.2 Å². The summed E-state index contributed by atoms with van der Waals surface area (Å²) in [5, 5.41) is 0. The molecule has 1 aliphatic heterocycles. The Balaban J connectivity index is 2.61. The van der Waals surface area contributed by atoms with E-state index in [-0.39, 0.29) is 25.0 Å². The summed E-state index contributed by atoms with van der Waals surface area (Å²) in [5.41, 5.74) is 0.786. The fraction of sp³-hybridized carbons (Fsp3) is 0.500. The Morgan fingerprint density at radius 3 is 2.68 bits per heavy atom. The monoisotopic (exact) mass is 306 g/mol. The third-order valence-corrected chi connectivity index (χ3v) is 5.36. The molecule has 0 N–H and O–H groups in total. The SMILES string of the molecule is CC(C)N1Cc2c(F)cccc2N(CCCl)S1(=O)=O. The van der Waals surface area contributed by atoms with Crippen molar-refractivity contribution in [3.63, 3.8) is 0 Å². The molecule has 1 aromatic carbocycles. The maximum absolute atomic E-state index is 13.9. The van der Waals surface area contributed by atoms with Crippen LogP contribution in [-0.2, 0) is 16.8 Å². The molecular formula is C12H16ClFN2O2S. The average Bonchev–Trinajstić information content (AvgIpc) is 2.32. The Bertz CT molecular complexity index is 577. The zero-order chi connectivity index (χ0) is 14.2. The Kier molecular flexibility index (Phi) is 4.03. The number of fused-ring (bicyclic) bond motifs is 1. The molecule has 0 bridgehead atoms. The molecule has 0 amide bonds. The van der Waals surface area contributed by atoms with Gasteiger partial charge in [-0.25, -0.2) is 4.39 Å². The smallest absolute Gasteiger partial charge is 0.256 e.